The third-order valence-corrected chi connectivity index (χ3v) is 3.61. The number of aromatic nitrogens is 1. The van der Waals surface area contributed by atoms with E-state index in [1.54, 1.807) is 0 Å². The Hall–Kier alpha value is -1.66. The van der Waals surface area contributed by atoms with Gasteiger partial charge in [-0.1, -0.05) is 17.3 Å². The smallest absolute Gasteiger partial charge is 0.238 e. The number of amides is 1. The van der Waals surface area contributed by atoms with Crippen LogP contribution in [-0.4, -0.2) is 17.6 Å². The van der Waals surface area contributed by atoms with Gasteiger partial charge < -0.3 is 15.2 Å². The van der Waals surface area contributed by atoms with Crippen molar-refractivity contribution in [2.24, 2.45) is 0 Å². The maximum absolute atomic E-state index is 11.8. The molecule has 1 amide bonds. The Bertz CT molecular complexity index is 591. The highest BCUT2D eigenvalue weighted by Crippen LogP contribution is 2.20. The molecule has 0 bridgehead atoms. The molecule has 1 aromatic carbocycles. The number of para-hydroxylation sites is 1. The summed E-state index contributed by atoms with van der Waals surface area (Å²) in [7, 11) is 0. The summed E-state index contributed by atoms with van der Waals surface area (Å²) in [6.07, 6.45) is 0. The van der Waals surface area contributed by atoms with Crippen molar-refractivity contribution < 1.29 is 9.32 Å². The van der Waals surface area contributed by atoms with Gasteiger partial charge in [0.1, 0.15) is 5.76 Å². The molecule has 0 aliphatic carbocycles. The molecule has 0 fully saturated rings. The van der Waals surface area contributed by atoms with Crippen LogP contribution in [0.15, 0.2) is 33.3 Å². The second-order valence-corrected chi connectivity index (χ2v) is 5.29. The predicted molar refractivity (Wildman–Crippen MR) is 80.5 cm³/mol. The molecule has 6 heteroatoms. The fourth-order valence-corrected chi connectivity index (χ4v) is 2.20. The number of rotatable bonds is 5. The Balaban J connectivity index is 1.83. The zero-order valence-electron chi connectivity index (χ0n) is 11.4. The van der Waals surface area contributed by atoms with E-state index >= 15 is 0 Å². The first-order chi connectivity index (χ1) is 9.58. The van der Waals surface area contributed by atoms with Gasteiger partial charge in [0.15, 0.2) is 0 Å². The van der Waals surface area contributed by atoms with Crippen LogP contribution in [0.25, 0.3) is 0 Å². The van der Waals surface area contributed by atoms with E-state index in [1.165, 1.54) is 0 Å². The van der Waals surface area contributed by atoms with Gasteiger partial charge in [-0.25, -0.2) is 0 Å². The van der Waals surface area contributed by atoms with Crippen LogP contribution < -0.4 is 10.6 Å². The molecule has 0 aliphatic heterocycles. The maximum Gasteiger partial charge on any atom is 0.238 e. The molecule has 0 saturated carbocycles. The lowest BCUT2D eigenvalue weighted by Crippen LogP contribution is -2.28. The molecule has 0 unspecified atom stereocenters. The summed E-state index contributed by atoms with van der Waals surface area (Å²) >= 11 is 3.39. The van der Waals surface area contributed by atoms with E-state index in [-0.39, 0.29) is 12.5 Å². The van der Waals surface area contributed by atoms with Gasteiger partial charge in [0.25, 0.3) is 0 Å². The molecule has 0 atom stereocenters. The minimum Gasteiger partial charge on any atom is -0.361 e. The molecule has 0 spiro atoms. The van der Waals surface area contributed by atoms with Crippen molar-refractivity contribution in [1.82, 2.24) is 10.5 Å². The van der Waals surface area contributed by atoms with E-state index in [1.807, 2.05) is 38.1 Å². The van der Waals surface area contributed by atoms with Gasteiger partial charge in [-0.3, -0.25) is 4.79 Å². The number of anilines is 1. The summed E-state index contributed by atoms with van der Waals surface area (Å²) in [6, 6.07) is 7.50. The summed E-state index contributed by atoms with van der Waals surface area (Å²) in [6.45, 7) is 4.53. The van der Waals surface area contributed by atoms with E-state index in [0.29, 0.717) is 6.54 Å². The Morgan fingerprint density at radius 2 is 2.10 bits per heavy atom. The topological polar surface area (TPSA) is 67.2 Å². The van der Waals surface area contributed by atoms with Crippen molar-refractivity contribution in [1.29, 1.82) is 0 Å². The second-order valence-electron chi connectivity index (χ2n) is 4.43. The SMILES string of the molecule is Cc1noc(C)c1CNCC(=O)Nc1ccccc1Br. The monoisotopic (exact) mass is 337 g/mol. The van der Waals surface area contributed by atoms with Crippen LogP contribution in [0.1, 0.15) is 17.0 Å². The molecule has 1 heterocycles. The number of halogens is 1. The molecule has 2 aromatic rings. The molecule has 0 radical (unpaired) electrons. The van der Waals surface area contributed by atoms with E-state index in [4.69, 9.17) is 4.52 Å². The van der Waals surface area contributed by atoms with E-state index in [2.05, 4.69) is 31.7 Å². The number of hydrogen-bond acceptors (Lipinski definition) is 4. The van der Waals surface area contributed by atoms with Gasteiger partial charge in [0.05, 0.1) is 17.9 Å². The molecule has 20 heavy (non-hydrogen) atoms. The van der Waals surface area contributed by atoms with Gasteiger partial charge in [-0.05, 0) is 41.9 Å². The molecule has 0 aliphatic rings. The first-order valence-electron chi connectivity index (χ1n) is 6.24. The third kappa shape index (κ3) is 3.68. The number of carbonyl (C=O) groups is 1. The van der Waals surface area contributed by atoms with Crippen molar-refractivity contribution in [3.8, 4) is 0 Å². The summed E-state index contributed by atoms with van der Waals surface area (Å²) in [5.74, 6) is 0.685. The highest BCUT2D eigenvalue weighted by molar-refractivity contribution is 9.10. The molecule has 5 nitrogen and oxygen atoms in total. The maximum atomic E-state index is 11.8. The number of benzene rings is 1. The molecule has 106 valence electrons. The van der Waals surface area contributed by atoms with Crippen LogP contribution in [-0.2, 0) is 11.3 Å². The summed E-state index contributed by atoms with van der Waals surface area (Å²) < 4.78 is 5.93. The largest absolute Gasteiger partial charge is 0.361 e. The van der Waals surface area contributed by atoms with Crippen molar-refractivity contribution >= 4 is 27.5 Å². The summed E-state index contributed by atoms with van der Waals surface area (Å²) in [5, 5.41) is 9.79. The van der Waals surface area contributed by atoms with Crippen molar-refractivity contribution in [2.75, 3.05) is 11.9 Å². The van der Waals surface area contributed by atoms with Crippen LogP contribution in [0.3, 0.4) is 0 Å². The van der Waals surface area contributed by atoms with E-state index in [0.717, 1.165) is 27.2 Å². The molecule has 2 rings (SSSR count). The zero-order valence-corrected chi connectivity index (χ0v) is 13.0. The minimum atomic E-state index is -0.0938. The van der Waals surface area contributed by atoms with Crippen LogP contribution in [0.2, 0.25) is 0 Å². The van der Waals surface area contributed by atoms with E-state index < -0.39 is 0 Å². The standard InChI is InChI=1S/C14H16BrN3O2/c1-9-11(10(2)20-18-9)7-16-8-14(19)17-13-6-4-3-5-12(13)15/h3-6,16H,7-8H2,1-2H3,(H,17,19). The number of carbonyl (C=O) groups excluding carboxylic acids is 1. The van der Waals surface area contributed by atoms with Crippen LogP contribution >= 0.6 is 15.9 Å². The first kappa shape index (κ1) is 14.7. The van der Waals surface area contributed by atoms with Crippen molar-refractivity contribution in [2.45, 2.75) is 20.4 Å². The normalized spacial score (nSPS) is 10.6. The Morgan fingerprint density at radius 3 is 2.75 bits per heavy atom. The molecular formula is C14H16BrN3O2. The summed E-state index contributed by atoms with van der Waals surface area (Å²) in [5.41, 5.74) is 2.61. The molecule has 2 N–H and O–H groups in total. The first-order valence-corrected chi connectivity index (χ1v) is 7.04. The Labute approximate surface area is 125 Å². The molecule has 0 saturated heterocycles. The highest BCUT2D eigenvalue weighted by Gasteiger charge is 2.09. The second kappa shape index (κ2) is 6.67. The zero-order chi connectivity index (χ0) is 14.5. The number of nitrogens with zero attached hydrogens (tertiary/aromatic N) is 1. The fraction of sp³-hybridized carbons (Fsp3) is 0.286. The third-order valence-electron chi connectivity index (χ3n) is 2.92. The minimum absolute atomic E-state index is 0.0938. The van der Waals surface area contributed by atoms with Gasteiger partial charge in [0, 0.05) is 16.6 Å². The highest BCUT2D eigenvalue weighted by atomic mass is 79.9. The van der Waals surface area contributed by atoms with Gasteiger partial charge in [0.2, 0.25) is 5.91 Å². The van der Waals surface area contributed by atoms with Crippen molar-refractivity contribution in [3.05, 3.63) is 45.8 Å². The number of hydrogen-bond donors (Lipinski definition) is 2. The number of aryl methyl sites for hydroxylation is 2. The molecular weight excluding hydrogens is 322 g/mol. The molecule has 1 aromatic heterocycles. The average Bonchev–Trinajstić information content (AvgIpc) is 2.73. The predicted octanol–water partition coefficient (Wildman–Crippen LogP) is 2.78. The van der Waals surface area contributed by atoms with E-state index in [9.17, 15) is 4.79 Å². The lowest BCUT2D eigenvalue weighted by Gasteiger charge is -2.08. The van der Waals surface area contributed by atoms with Crippen LogP contribution in [0.4, 0.5) is 5.69 Å². The Morgan fingerprint density at radius 1 is 1.35 bits per heavy atom. The van der Waals surface area contributed by atoms with Gasteiger partial charge >= 0.3 is 0 Å². The fourth-order valence-electron chi connectivity index (χ4n) is 1.81. The lowest BCUT2D eigenvalue weighted by atomic mass is 10.2. The van der Waals surface area contributed by atoms with Crippen LogP contribution in [0, 0.1) is 13.8 Å². The number of nitrogens with one attached hydrogen (secondary N) is 2. The van der Waals surface area contributed by atoms with Crippen molar-refractivity contribution in [3.63, 3.8) is 0 Å². The summed E-state index contributed by atoms with van der Waals surface area (Å²) in [4.78, 5) is 11.8. The lowest BCUT2D eigenvalue weighted by molar-refractivity contribution is -0.115. The quantitative estimate of drug-likeness (QED) is 0.880. The van der Waals surface area contributed by atoms with Crippen LogP contribution in [0.5, 0.6) is 0 Å². The van der Waals surface area contributed by atoms with Gasteiger partial charge in [-0.15, -0.1) is 0 Å². The average molecular weight is 338 g/mol. The van der Waals surface area contributed by atoms with Gasteiger partial charge in [-0.2, -0.15) is 0 Å². The Kier molecular flexibility index (Phi) is 4.92.